The SMILES string of the molecule is Cc1cccc(C)c1NC(=O)CN1CCN(C(=O)CC(C)N)CC1. The zero-order valence-electron chi connectivity index (χ0n) is 14.8. The summed E-state index contributed by atoms with van der Waals surface area (Å²) in [6, 6.07) is 5.86. The topological polar surface area (TPSA) is 78.7 Å². The van der Waals surface area contributed by atoms with Crippen LogP contribution in [0.5, 0.6) is 0 Å². The van der Waals surface area contributed by atoms with E-state index in [9.17, 15) is 9.59 Å². The second-order valence-electron chi connectivity index (χ2n) is 6.65. The molecule has 0 radical (unpaired) electrons. The molecule has 1 saturated heterocycles. The van der Waals surface area contributed by atoms with E-state index in [0.29, 0.717) is 39.1 Å². The minimum atomic E-state index is -0.112. The molecule has 2 amide bonds. The van der Waals surface area contributed by atoms with E-state index < -0.39 is 0 Å². The lowest BCUT2D eigenvalue weighted by atomic mass is 10.1. The molecular formula is C18H28N4O2. The van der Waals surface area contributed by atoms with Crippen LogP contribution in [0.3, 0.4) is 0 Å². The van der Waals surface area contributed by atoms with Crippen molar-refractivity contribution in [1.29, 1.82) is 0 Å². The summed E-state index contributed by atoms with van der Waals surface area (Å²) in [4.78, 5) is 28.2. The van der Waals surface area contributed by atoms with Gasteiger partial charge in [0.25, 0.3) is 0 Å². The lowest BCUT2D eigenvalue weighted by Gasteiger charge is -2.34. The fraction of sp³-hybridized carbons (Fsp3) is 0.556. The maximum absolute atomic E-state index is 12.3. The van der Waals surface area contributed by atoms with Crippen LogP contribution in [0, 0.1) is 13.8 Å². The first-order chi connectivity index (χ1) is 11.4. The number of nitrogens with two attached hydrogens (primary N) is 1. The standard InChI is InChI=1S/C18H28N4O2/c1-13-5-4-6-14(2)18(13)20-16(23)12-21-7-9-22(10-8-21)17(24)11-15(3)19/h4-6,15H,7-12,19H2,1-3H3,(H,20,23). The number of benzene rings is 1. The molecule has 1 heterocycles. The van der Waals surface area contributed by atoms with Gasteiger partial charge in [0.05, 0.1) is 6.54 Å². The smallest absolute Gasteiger partial charge is 0.238 e. The van der Waals surface area contributed by atoms with Gasteiger partial charge in [-0.15, -0.1) is 0 Å². The number of nitrogens with one attached hydrogen (secondary N) is 1. The van der Waals surface area contributed by atoms with Gasteiger partial charge >= 0.3 is 0 Å². The molecule has 1 fully saturated rings. The molecule has 1 unspecified atom stereocenters. The minimum absolute atomic E-state index is 0.0113. The Hall–Kier alpha value is -1.92. The third-order valence-corrected chi connectivity index (χ3v) is 4.33. The molecule has 132 valence electrons. The van der Waals surface area contributed by atoms with Gasteiger partial charge in [-0.05, 0) is 31.9 Å². The van der Waals surface area contributed by atoms with Crippen molar-refractivity contribution < 1.29 is 9.59 Å². The number of amides is 2. The first-order valence-electron chi connectivity index (χ1n) is 8.48. The summed E-state index contributed by atoms with van der Waals surface area (Å²) >= 11 is 0. The maximum atomic E-state index is 12.3. The lowest BCUT2D eigenvalue weighted by Crippen LogP contribution is -2.51. The van der Waals surface area contributed by atoms with Crippen LogP contribution >= 0.6 is 0 Å². The Kier molecular flexibility index (Phi) is 6.34. The van der Waals surface area contributed by atoms with E-state index in [0.717, 1.165) is 16.8 Å². The van der Waals surface area contributed by atoms with Gasteiger partial charge in [-0.2, -0.15) is 0 Å². The summed E-state index contributed by atoms with van der Waals surface area (Å²) in [5, 5.41) is 3.01. The van der Waals surface area contributed by atoms with E-state index in [4.69, 9.17) is 5.73 Å². The van der Waals surface area contributed by atoms with E-state index in [1.54, 1.807) is 0 Å². The summed E-state index contributed by atoms with van der Waals surface area (Å²) in [5.41, 5.74) is 8.71. The fourth-order valence-electron chi connectivity index (χ4n) is 2.95. The van der Waals surface area contributed by atoms with E-state index in [1.165, 1.54) is 0 Å². The van der Waals surface area contributed by atoms with Crippen LogP contribution in [-0.4, -0.2) is 60.4 Å². The predicted molar refractivity (Wildman–Crippen MR) is 95.8 cm³/mol. The number of carbonyl (C=O) groups is 2. The Morgan fingerprint density at radius 2 is 1.75 bits per heavy atom. The van der Waals surface area contributed by atoms with Crippen LogP contribution in [0.2, 0.25) is 0 Å². The van der Waals surface area contributed by atoms with Gasteiger partial charge in [0, 0.05) is 44.3 Å². The first kappa shape index (κ1) is 18.4. The second-order valence-corrected chi connectivity index (χ2v) is 6.65. The van der Waals surface area contributed by atoms with E-state index >= 15 is 0 Å². The molecule has 0 saturated carbocycles. The molecule has 1 aromatic carbocycles. The molecule has 1 atom stereocenters. The molecule has 1 aromatic rings. The monoisotopic (exact) mass is 332 g/mol. The number of anilines is 1. The van der Waals surface area contributed by atoms with Crippen LogP contribution in [0.25, 0.3) is 0 Å². The first-order valence-corrected chi connectivity index (χ1v) is 8.48. The van der Waals surface area contributed by atoms with Crippen molar-refractivity contribution in [3.05, 3.63) is 29.3 Å². The van der Waals surface area contributed by atoms with Gasteiger partial charge in [0.1, 0.15) is 0 Å². The van der Waals surface area contributed by atoms with Crippen molar-refractivity contribution in [3.63, 3.8) is 0 Å². The number of para-hydroxylation sites is 1. The molecule has 2 rings (SSSR count). The highest BCUT2D eigenvalue weighted by Gasteiger charge is 2.23. The van der Waals surface area contributed by atoms with Crippen LogP contribution < -0.4 is 11.1 Å². The Labute approximate surface area is 144 Å². The number of hydrogen-bond acceptors (Lipinski definition) is 4. The molecule has 0 bridgehead atoms. The third-order valence-electron chi connectivity index (χ3n) is 4.33. The van der Waals surface area contributed by atoms with E-state index in [-0.39, 0.29) is 17.9 Å². The molecule has 1 aliphatic rings. The Bertz CT molecular complexity index is 572. The number of carbonyl (C=O) groups excluding carboxylic acids is 2. The zero-order chi connectivity index (χ0) is 17.7. The Morgan fingerprint density at radius 1 is 1.17 bits per heavy atom. The molecule has 24 heavy (non-hydrogen) atoms. The second kappa shape index (κ2) is 8.26. The summed E-state index contributed by atoms with van der Waals surface area (Å²) in [5.74, 6) is 0.0902. The Balaban J connectivity index is 1.81. The molecule has 1 aliphatic heterocycles. The van der Waals surface area contributed by atoms with Gasteiger partial charge in [0.2, 0.25) is 11.8 Å². The molecule has 6 heteroatoms. The highest BCUT2D eigenvalue weighted by atomic mass is 16.2. The average molecular weight is 332 g/mol. The fourth-order valence-corrected chi connectivity index (χ4v) is 2.95. The number of hydrogen-bond donors (Lipinski definition) is 2. The van der Waals surface area contributed by atoms with Crippen LogP contribution in [0.4, 0.5) is 5.69 Å². The third kappa shape index (κ3) is 5.04. The molecule has 0 aliphatic carbocycles. The van der Waals surface area contributed by atoms with E-state index in [2.05, 4.69) is 10.2 Å². The highest BCUT2D eigenvalue weighted by molar-refractivity contribution is 5.93. The van der Waals surface area contributed by atoms with Crippen molar-refractivity contribution in [2.75, 3.05) is 38.0 Å². The summed E-state index contributed by atoms with van der Waals surface area (Å²) in [6.07, 6.45) is 0.382. The summed E-state index contributed by atoms with van der Waals surface area (Å²) < 4.78 is 0. The van der Waals surface area contributed by atoms with E-state index in [1.807, 2.05) is 43.9 Å². The van der Waals surface area contributed by atoms with Gasteiger partial charge < -0.3 is 16.0 Å². The minimum Gasteiger partial charge on any atom is -0.340 e. The normalized spacial score (nSPS) is 16.8. The molecule has 0 spiro atoms. The molecule has 3 N–H and O–H groups in total. The van der Waals surface area contributed by atoms with Crippen LogP contribution in [0.15, 0.2) is 18.2 Å². The maximum Gasteiger partial charge on any atom is 0.238 e. The van der Waals surface area contributed by atoms with Gasteiger partial charge in [-0.1, -0.05) is 18.2 Å². The predicted octanol–water partition coefficient (Wildman–Crippen LogP) is 1.12. The van der Waals surface area contributed by atoms with Crippen molar-refractivity contribution in [2.24, 2.45) is 5.73 Å². The van der Waals surface area contributed by atoms with Crippen molar-refractivity contribution >= 4 is 17.5 Å². The zero-order valence-corrected chi connectivity index (χ0v) is 14.8. The van der Waals surface area contributed by atoms with Crippen molar-refractivity contribution in [3.8, 4) is 0 Å². The van der Waals surface area contributed by atoms with Gasteiger partial charge in [-0.3, -0.25) is 14.5 Å². The lowest BCUT2D eigenvalue weighted by molar-refractivity contribution is -0.133. The highest BCUT2D eigenvalue weighted by Crippen LogP contribution is 2.19. The Morgan fingerprint density at radius 3 is 2.29 bits per heavy atom. The number of rotatable bonds is 5. The number of aryl methyl sites for hydroxylation is 2. The van der Waals surface area contributed by atoms with Crippen LogP contribution in [-0.2, 0) is 9.59 Å². The molecular weight excluding hydrogens is 304 g/mol. The van der Waals surface area contributed by atoms with Gasteiger partial charge in [0.15, 0.2) is 0 Å². The number of piperazine rings is 1. The van der Waals surface area contributed by atoms with Crippen molar-refractivity contribution in [2.45, 2.75) is 33.2 Å². The summed E-state index contributed by atoms with van der Waals surface area (Å²) in [6.45, 7) is 8.91. The largest absolute Gasteiger partial charge is 0.340 e. The number of nitrogens with zero attached hydrogens (tertiary/aromatic N) is 2. The summed E-state index contributed by atoms with van der Waals surface area (Å²) in [7, 11) is 0. The van der Waals surface area contributed by atoms with Crippen molar-refractivity contribution in [1.82, 2.24) is 9.80 Å². The molecule has 0 aromatic heterocycles. The van der Waals surface area contributed by atoms with Crippen LogP contribution in [0.1, 0.15) is 24.5 Å². The van der Waals surface area contributed by atoms with Gasteiger partial charge in [-0.25, -0.2) is 0 Å². The molecule has 6 nitrogen and oxygen atoms in total. The quantitative estimate of drug-likeness (QED) is 0.847. The average Bonchev–Trinajstić information content (AvgIpc) is 2.51.